The van der Waals surface area contributed by atoms with Crippen LogP contribution in [0.1, 0.15) is 43.2 Å². The van der Waals surface area contributed by atoms with Crippen molar-refractivity contribution in [1.82, 2.24) is 9.88 Å². The van der Waals surface area contributed by atoms with E-state index in [9.17, 15) is 14.4 Å². The van der Waals surface area contributed by atoms with E-state index in [1.165, 1.54) is 11.3 Å². The molecule has 1 aliphatic rings. The Balaban J connectivity index is 1.96. The minimum Gasteiger partial charge on any atom is -0.497 e. The lowest BCUT2D eigenvalue weighted by Crippen LogP contribution is -2.26. The number of primary amides is 1. The molecule has 0 saturated carbocycles. The lowest BCUT2D eigenvalue weighted by atomic mass is 10.1. The van der Waals surface area contributed by atoms with Crippen molar-refractivity contribution in [3.05, 3.63) is 52.0 Å². The van der Waals surface area contributed by atoms with Gasteiger partial charge < -0.3 is 20.4 Å². The first-order valence-electron chi connectivity index (χ1n) is 8.39. The van der Waals surface area contributed by atoms with E-state index in [1.54, 1.807) is 17.1 Å². The van der Waals surface area contributed by atoms with Gasteiger partial charge in [-0.2, -0.15) is 0 Å². The molecule has 1 aliphatic heterocycles. The van der Waals surface area contributed by atoms with Crippen LogP contribution in [0.5, 0.6) is 5.75 Å². The Labute approximate surface area is 158 Å². The Hall–Kier alpha value is -3.13. The van der Waals surface area contributed by atoms with Gasteiger partial charge in [-0.15, -0.1) is 11.3 Å². The smallest absolute Gasteiger partial charge is 0.268 e. The molecule has 0 radical (unpaired) electrons. The number of nitrogens with one attached hydrogen (secondary N) is 1. The third-order valence-corrected chi connectivity index (χ3v) is 5.65. The molecular formula is C19H17N3O4S. The molecule has 2 amide bonds. The fourth-order valence-electron chi connectivity index (χ4n) is 3.39. The number of hydrogen-bond acceptors (Lipinski definition) is 5. The molecule has 2 aromatic heterocycles. The summed E-state index contributed by atoms with van der Waals surface area (Å²) in [6.07, 6.45) is 0.226. The normalized spacial score (nSPS) is 14.0. The molecule has 0 spiro atoms. The van der Waals surface area contributed by atoms with Crippen molar-refractivity contribution >= 4 is 39.2 Å². The topological polar surface area (TPSA) is 103 Å². The molecule has 0 atom stereocenters. The first-order valence-corrected chi connectivity index (χ1v) is 9.27. The van der Waals surface area contributed by atoms with E-state index >= 15 is 0 Å². The first-order chi connectivity index (χ1) is 13.0. The SMILES string of the molecule is COc1ccc(Cn2c3c(c4scc(C(N)=O)c42)C(=O)CCNC3=O)cc1. The number of ether oxygens (including phenoxy) is 1. The van der Waals surface area contributed by atoms with Crippen molar-refractivity contribution in [2.75, 3.05) is 13.7 Å². The van der Waals surface area contributed by atoms with Gasteiger partial charge >= 0.3 is 0 Å². The van der Waals surface area contributed by atoms with Gasteiger partial charge in [0.15, 0.2) is 5.78 Å². The molecular weight excluding hydrogens is 366 g/mol. The summed E-state index contributed by atoms with van der Waals surface area (Å²) >= 11 is 1.27. The van der Waals surface area contributed by atoms with Crippen molar-refractivity contribution in [3.8, 4) is 5.75 Å². The lowest BCUT2D eigenvalue weighted by Gasteiger charge is -2.11. The summed E-state index contributed by atoms with van der Waals surface area (Å²) in [5.74, 6) is -0.294. The molecule has 1 aromatic carbocycles. The third kappa shape index (κ3) is 2.78. The highest BCUT2D eigenvalue weighted by atomic mass is 32.1. The minimum atomic E-state index is -0.585. The summed E-state index contributed by atoms with van der Waals surface area (Å²) in [5, 5.41) is 4.41. The second-order valence-electron chi connectivity index (χ2n) is 6.28. The summed E-state index contributed by atoms with van der Waals surface area (Å²) in [5.41, 5.74) is 7.97. The molecule has 3 aromatic rings. The molecule has 0 bridgehead atoms. The fourth-order valence-corrected chi connectivity index (χ4v) is 4.51. The Bertz CT molecular complexity index is 1080. The highest BCUT2D eigenvalue weighted by Crippen LogP contribution is 2.36. The summed E-state index contributed by atoms with van der Waals surface area (Å²) in [6.45, 7) is 0.623. The first kappa shape index (κ1) is 17.3. The highest BCUT2D eigenvalue weighted by molar-refractivity contribution is 7.18. The molecule has 3 N–H and O–H groups in total. The predicted octanol–water partition coefficient (Wildman–Crippen LogP) is 2.17. The molecule has 8 heteroatoms. The molecule has 3 heterocycles. The van der Waals surface area contributed by atoms with Crippen LogP contribution in [0.4, 0.5) is 0 Å². The van der Waals surface area contributed by atoms with Crippen molar-refractivity contribution in [1.29, 1.82) is 0 Å². The Morgan fingerprint density at radius 1 is 1.30 bits per heavy atom. The zero-order chi connectivity index (χ0) is 19.1. The monoisotopic (exact) mass is 383 g/mol. The van der Waals surface area contributed by atoms with Gasteiger partial charge in [-0.25, -0.2) is 0 Å². The number of amides is 2. The maximum Gasteiger partial charge on any atom is 0.268 e. The van der Waals surface area contributed by atoms with E-state index in [-0.39, 0.29) is 23.8 Å². The fraction of sp³-hybridized carbons (Fsp3) is 0.211. The lowest BCUT2D eigenvalue weighted by molar-refractivity contribution is 0.0945. The molecule has 138 valence electrons. The summed E-state index contributed by atoms with van der Waals surface area (Å²) in [6, 6.07) is 7.40. The van der Waals surface area contributed by atoms with Gasteiger partial charge in [0.05, 0.1) is 28.5 Å². The van der Waals surface area contributed by atoms with E-state index < -0.39 is 5.91 Å². The van der Waals surface area contributed by atoms with E-state index in [0.717, 1.165) is 11.3 Å². The average Bonchev–Trinajstić information content (AvgIpc) is 3.16. The number of rotatable bonds is 4. The standard InChI is InChI=1S/C19H17N3O4S/c1-26-11-4-2-10(3-5-11)8-22-15-12(18(20)24)9-27-17(15)14-13(23)6-7-21-19(25)16(14)22/h2-5,9H,6-8H2,1H3,(H2,20,24)(H,21,25). The largest absolute Gasteiger partial charge is 0.497 e. The number of Topliss-reactive ketones (excluding diaryl/α,β-unsaturated/α-hetero) is 1. The Kier molecular flexibility index (Phi) is 4.19. The zero-order valence-electron chi connectivity index (χ0n) is 14.6. The van der Waals surface area contributed by atoms with Crippen molar-refractivity contribution in [3.63, 3.8) is 0 Å². The van der Waals surface area contributed by atoms with Gasteiger partial charge in [0.25, 0.3) is 11.8 Å². The van der Waals surface area contributed by atoms with Gasteiger partial charge in [-0.05, 0) is 17.7 Å². The predicted molar refractivity (Wildman–Crippen MR) is 102 cm³/mol. The van der Waals surface area contributed by atoms with Crippen molar-refractivity contribution in [2.45, 2.75) is 13.0 Å². The van der Waals surface area contributed by atoms with Gasteiger partial charge in [0.2, 0.25) is 0 Å². The number of methoxy groups -OCH3 is 1. The zero-order valence-corrected chi connectivity index (χ0v) is 15.4. The summed E-state index contributed by atoms with van der Waals surface area (Å²) in [7, 11) is 1.59. The number of carbonyl (C=O) groups excluding carboxylic acids is 3. The number of ketones is 1. The number of carbonyl (C=O) groups is 3. The maximum absolute atomic E-state index is 12.7. The van der Waals surface area contributed by atoms with E-state index in [4.69, 9.17) is 10.5 Å². The molecule has 0 unspecified atom stereocenters. The molecule has 27 heavy (non-hydrogen) atoms. The van der Waals surface area contributed by atoms with Crippen LogP contribution in [0.2, 0.25) is 0 Å². The van der Waals surface area contributed by atoms with Crippen LogP contribution in [0.25, 0.3) is 10.2 Å². The second kappa shape index (κ2) is 6.55. The quantitative estimate of drug-likeness (QED) is 0.720. The van der Waals surface area contributed by atoms with Crippen LogP contribution in [0.15, 0.2) is 29.6 Å². The van der Waals surface area contributed by atoms with E-state index in [2.05, 4.69) is 5.32 Å². The van der Waals surface area contributed by atoms with Gasteiger partial charge in [-0.1, -0.05) is 12.1 Å². The van der Waals surface area contributed by atoms with E-state index in [0.29, 0.717) is 34.4 Å². The number of aromatic nitrogens is 1. The number of hydrogen-bond donors (Lipinski definition) is 2. The number of benzene rings is 1. The molecule has 0 fully saturated rings. The van der Waals surface area contributed by atoms with Gasteiger partial charge in [0.1, 0.15) is 11.4 Å². The number of nitrogens with two attached hydrogens (primary N) is 1. The Morgan fingerprint density at radius 2 is 2.04 bits per heavy atom. The van der Waals surface area contributed by atoms with Crippen LogP contribution in [0.3, 0.4) is 0 Å². The molecule has 4 rings (SSSR count). The van der Waals surface area contributed by atoms with Crippen LogP contribution < -0.4 is 15.8 Å². The third-order valence-electron chi connectivity index (χ3n) is 4.67. The van der Waals surface area contributed by atoms with E-state index in [1.807, 2.05) is 24.3 Å². The van der Waals surface area contributed by atoms with Gasteiger partial charge in [-0.3, -0.25) is 14.4 Å². The van der Waals surface area contributed by atoms with Crippen molar-refractivity contribution < 1.29 is 19.1 Å². The second-order valence-corrected chi connectivity index (χ2v) is 7.16. The van der Waals surface area contributed by atoms with Crippen LogP contribution >= 0.6 is 11.3 Å². The highest BCUT2D eigenvalue weighted by Gasteiger charge is 2.32. The van der Waals surface area contributed by atoms with Crippen LogP contribution in [-0.4, -0.2) is 35.8 Å². The number of thiophene rings is 1. The average molecular weight is 383 g/mol. The van der Waals surface area contributed by atoms with Crippen molar-refractivity contribution in [2.24, 2.45) is 5.73 Å². The molecule has 0 aliphatic carbocycles. The molecule has 0 saturated heterocycles. The minimum absolute atomic E-state index is 0.111. The summed E-state index contributed by atoms with van der Waals surface area (Å²) in [4.78, 5) is 37.3. The number of nitrogens with zero attached hydrogens (tertiary/aromatic N) is 1. The molecule has 7 nitrogen and oxygen atoms in total. The summed E-state index contributed by atoms with van der Waals surface area (Å²) < 4.78 is 7.53. The van der Waals surface area contributed by atoms with Crippen LogP contribution in [0, 0.1) is 0 Å². The number of fused-ring (bicyclic) bond motifs is 3. The van der Waals surface area contributed by atoms with Crippen LogP contribution in [-0.2, 0) is 6.54 Å². The maximum atomic E-state index is 12.7. The Morgan fingerprint density at radius 3 is 2.70 bits per heavy atom. The van der Waals surface area contributed by atoms with Gasteiger partial charge in [0, 0.05) is 24.9 Å².